The van der Waals surface area contributed by atoms with Gasteiger partial charge in [-0.3, -0.25) is 9.48 Å². The van der Waals surface area contributed by atoms with E-state index in [-0.39, 0.29) is 5.91 Å². The van der Waals surface area contributed by atoms with Crippen LogP contribution in [0.2, 0.25) is 0 Å². The number of hydrogen-bond donors (Lipinski definition) is 1. The van der Waals surface area contributed by atoms with Crippen LogP contribution in [0, 0.1) is 0 Å². The number of nitrogens with one attached hydrogen (secondary N) is 1. The minimum Gasteiger partial charge on any atom is -0.338 e. The molecular weight excluding hydrogens is 228 g/mol. The van der Waals surface area contributed by atoms with Gasteiger partial charge in [-0.05, 0) is 24.9 Å². The smallest absolute Gasteiger partial charge is 0.227 e. The van der Waals surface area contributed by atoms with Crippen LogP contribution in [0.5, 0.6) is 0 Å². The molecule has 0 aliphatic carbocycles. The van der Waals surface area contributed by atoms with E-state index in [4.69, 9.17) is 0 Å². The molecule has 1 N–H and O–H groups in total. The molecule has 1 aromatic heterocycles. The molecule has 1 amide bonds. The van der Waals surface area contributed by atoms with Crippen molar-refractivity contribution in [2.45, 2.75) is 32.2 Å². The fourth-order valence-electron chi connectivity index (χ4n) is 2.50. The molecule has 18 heavy (non-hydrogen) atoms. The fourth-order valence-corrected chi connectivity index (χ4v) is 2.50. The van der Waals surface area contributed by atoms with Gasteiger partial charge in [-0.1, -0.05) is 6.92 Å². The first-order valence-electron chi connectivity index (χ1n) is 6.68. The van der Waals surface area contributed by atoms with Crippen LogP contribution in [0.3, 0.4) is 0 Å². The third-order valence-electron chi connectivity index (χ3n) is 3.37. The number of carbonyl (C=O) groups is 1. The summed E-state index contributed by atoms with van der Waals surface area (Å²) in [7, 11) is 1.87. The Morgan fingerprint density at radius 3 is 3.06 bits per heavy atom. The lowest BCUT2D eigenvalue weighted by Gasteiger charge is -2.28. The van der Waals surface area contributed by atoms with Crippen LogP contribution in [-0.2, 0) is 18.3 Å². The molecule has 1 aromatic rings. The minimum absolute atomic E-state index is 0.221. The van der Waals surface area contributed by atoms with Crippen molar-refractivity contribution in [2.24, 2.45) is 7.05 Å². The number of amides is 1. The van der Waals surface area contributed by atoms with Gasteiger partial charge in [0, 0.05) is 32.4 Å². The summed E-state index contributed by atoms with van der Waals surface area (Å²) in [6, 6.07) is 0.370. The van der Waals surface area contributed by atoms with Gasteiger partial charge < -0.3 is 10.2 Å². The average molecular weight is 250 g/mol. The fraction of sp³-hybridized carbons (Fsp3) is 0.692. The normalized spacial score (nSPS) is 19.1. The highest BCUT2D eigenvalue weighted by atomic mass is 16.2. The van der Waals surface area contributed by atoms with Crippen LogP contribution < -0.4 is 5.32 Å². The van der Waals surface area contributed by atoms with E-state index < -0.39 is 0 Å². The van der Waals surface area contributed by atoms with Gasteiger partial charge in [0.15, 0.2) is 0 Å². The highest BCUT2D eigenvalue weighted by Crippen LogP contribution is 2.12. The Kier molecular flexibility index (Phi) is 4.36. The van der Waals surface area contributed by atoms with Gasteiger partial charge >= 0.3 is 0 Å². The molecule has 1 unspecified atom stereocenters. The first-order valence-corrected chi connectivity index (χ1v) is 6.68. The Morgan fingerprint density at radius 1 is 1.67 bits per heavy atom. The highest BCUT2D eigenvalue weighted by molar-refractivity contribution is 5.79. The zero-order valence-corrected chi connectivity index (χ0v) is 11.2. The second-order valence-electron chi connectivity index (χ2n) is 4.93. The summed E-state index contributed by atoms with van der Waals surface area (Å²) < 4.78 is 1.74. The van der Waals surface area contributed by atoms with E-state index in [1.807, 2.05) is 18.1 Å². The summed E-state index contributed by atoms with van der Waals surface area (Å²) in [5.41, 5.74) is 0.995. The van der Waals surface area contributed by atoms with Crippen LogP contribution >= 0.6 is 0 Å². The van der Waals surface area contributed by atoms with Gasteiger partial charge in [-0.15, -0.1) is 0 Å². The summed E-state index contributed by atoms with van der Waals surface area (Å²) in [6.45, 7) is 4.92. The maximum absolute atomic E-state index is 12.4. The maximum atomic E-state index is 12.4. The largest absolute Gasteiger partial charge is 0.338 e. The van der Waals surface area contributed by atoms with Crippen LogP contribution in [-0.4, -0.2) is 46.3 Å². The van der Waals surface area contributed by atoms with Crippen molar-refractivity contribution in [3.05, 3.63) is 18.0 Å². The van der Waals surface area contributed by atoms with Crippen molar-refractivity contribution in [1.29, 1.82) is 0 Å². The van der Waals surface area contributed by atoms with Crippen LogP contribution in [0.4, 0.5) is 0 Å². The monoisotopic (exact) mass is 250 g/mol. The Hall–Kier alpha value is -1.36. The second kappa shape index (κ2) is 6.00. The molecule has 100 valence electrons. The van der Waals surface area contributed by atoms with E-state index >= 15 is 0 Å². The van der Waals surface area contributed by atoms with E-state index in [0.29, 0.717) is 12.5 Å². The van der Waals surface area contributed by atoms with Crippen molar-refractivity contribution in [1.82, 2.24) is 20.0 Å². The molecular formula is C13H22N4O. The maximum Gasteiger partial charge on any atom is 0.227 e. The van der Waals surface area contributed by atoms with Crippen molar-refractivity contribution < 1.29 is 4.79 Å². The molecule has 1 atom stereocenters. The zero-order valence-electron chi connectivity index (χ0n) is 11.2. The topological polar surface area (TPSA) is 50.2 Å². The molecule has 5 heteroatoms. The minimum atomic E-state index is 0.221. The van der Waals surface area contributed by atoms with E-state index in [1.54, 1.807) is 10.9 Å². The molecule has 1 aliphatic heterocycles. The molecule has 1 aliphatic rings. The molecule has 0 aromatic carbocycles. The molecule has 0 radical (unpaired) electrons. The number of aromatic nitrogens is 2. The Balaban J connectivity index is 1.98. The summed E-state index contributed by atoms with van der Waals surface area (Å²) in [5, 5.41) is 7.43. The van der Waals surface area contributed by atoms with E-state index in [9.17, 15) is 4.79 Å². The third kappa shape index (κ3) is 3.10. The predicted molar refractivity (Wildman–Crippen MR) is 70.2 cm³/mol. The summed E-state index contributed by atoms with van der Waals surface area (Å²) in [5.74, 6) is 0.221. The van der Waals surface area contributed by atoms with Gasteiger partial charge in [-0.2, -0.15) is 5.10 Å². The molecule has 0 bridgehead atoms. The lowest BCUT2D eigenvalue weighted by Crippen LogP contribution is -2.42. The van der Waals surface area contributed by atoms with Crippen molar-refractivity contribution in [2.75, 3.05) is 19.6 Å². The molecule has 0 spiro atoms. The Labute approximate surface area is 108 Å². The predicted octanol–water partition coefficient (Wildman–Crippen LogP) is 0.563. The molecule has 0 saturated carbocycles. The standard InChI is InChI=1S/C13H22N4O/c1-3-6-17(12-4-5-14-9-12)13(18)7-11-8-15-16(2)10-11/h8,10,12,14H,3-7,9H2,1-2H3. The summed E-state index contributed by atoms with van der Waals surface area (Å²) in [6.07, 6.45) is 6.22. The number of hydrogen-bond acceptors (Lipinski definition) is 3. The van der Waals surface area contributed by atoms with Crippen LogP contribution in [0.15, 0.2) is 12.4 Å². The van der Waals surface area contributed by atoms with E-state index in [1.165, 1.54) is 0 Å². The number of rotatable bonds is 5. The van der Waals surface area contributed by atoms with Gasteiger partial charge in [0.25, 0.3) is 0 Å². The summed E-state index contributed by atoms with van der Waals surface area (Å²) >= 11 is 0. The lowest BCUT2D eigenvalue weighted by atomic mass is 10.1. The summed E-state index contributed by atoms with van der Waals surface area (Å²) in [4.78, 5) is 14.4. The third-order valence-corrected chi connectivity index (χ3v) is 3.37. The van der Waals surface area contributed by atoms with Gasteiger partial charge in [-0.25, -0.2) is 0 Å². The molecule has 2 heterocycles. The Morgan fingerprint density at radius 2 is 2.50 bits per heavy atom. The van der Waals surface area contributed by atoms with Gasteiger partial charge in [0.05, 0.1) is 12.6 Å². The van der Waals surface area contributed by atoms with Crippen molar-refractivity contribution in [3.63, 3.8) is 0 Å². The Bertz CT molecular complexity index is 395. The van der Waals surface area contributed by atoms with E-state index in [0.717, 1.165) is 38.0 Å². The van der Waals surface area contributed by atoms with Crippen molar-refractivity contribution >= 4 is 5.91 Å². The molecule has 1 fully saturated rings. The molecule has 2 rings (SSSR count). The molecule has 1 saturated heterocycles. The van der Waals surface area contributed by atoms with E-state index in [2.05, 4.69) is 17.3 Å². The van der Waals surface area contributed by atoms with Crippen LogP contribution in [0.1, 0.15) is 25.3 Å². The number of nitrogens with zero attached hydrogens (tertiary/aromatic N) is 3. The lowest BCUT2D eigenvalue weighted by molar-refractivity contribution is -0.132. The second-order valence-corrected chi connectivity index (χ2v) is 4.93. The highest BCUT2D eigenvalue weighted by Gasteiger charge is 2.25. The first kappa shape index (κ1) is 13.1. The van der Waals surface area contributed by atoms with Crippen LogP contribution in [0.25, 0.3) is 0 Å². The SMILES string of the molecule is CCCN(C(=O)Cc1cnn(C)c1)C1CCNC1. The zero-order chi connectivity index (χ0) is 13.0. The van der Waals surface area contributed by atoms with Gasteiger partial charge in [0.1, 0.15) is 0 Å². The van der Waals surface area contributed by atoms with Crippen molar-refractivity contribution in [3.8, 4) is 0 Å². The number of aryl methyl sites for hydroxylation is 1. The van der Waals surface area contributed by atoms with Gasteiger partial charge in [0.2, 0.25) is 5.91 Å². The molecule has 5 nitrogen and oxygen atoms in total. The first-order chi connectivity index (χ1) is 8.70. The quantitative estimate of drug-likeness (QED) is 0.831. The average Bonchev–Trinajstić information content (AvgIpc) is 2.97. The number of carbonyl (C=O) groups excluding carboxylic acids is 1.